The fourth-order valence-corrected chi connectivity index (χ4v) is 2.70. The van der Waals surface area contributed by atoms with Crippen molar-refractivity contribution in [1.82, 2.24) is 0 Å². The van der Waals surface area contributed by atoms with E-state index in [0.29, 0.717) is 19.4 Å². The molecular formula is C16H20F2N2. The maximum atomic E-state index is 13.3. The summed E-state index contributed by atoms with van der Waals surface area (Å²) in [6.07, 6.45) is 2.81. The van der Waals surface area contributed by atoms with Crippen LogP contribution in [0.4, 0.5) is 14.5 Å². The van der Waals surface area contributed by atoms with Gasteiger partial charge >= 0.3 is 0 Å². The maximum Gasteiger partial charge on any atom is 0.248 e. The van der Waals surface area contributed by atoms with Gasteiger partial charge in [-0.3, -0.25) is 0 Å². The van der Waals surface area contributed by atoms with Crippen LogP contribution in [-0.4, -0.2) is 12.5 Å². The molecule has 4 heteroatoms. The van der Waals surface area contributed by atoms with E-state index in [1.54, 1.807) is 0 Å². The van der Waals surface area contributed by atoms with E-state index in [0.717, 1.165) is 24.1 Å². The molecule has 20 heavy (non-hydrogen) atoms. The molecule has 0 spiro atoms. The number of rotatable bonds is 5. The lowest BCUT2D eigenvalue weighted by atomic mass is 9.86. The van der Waals surface area contributed by atoms with Crippen molar-refractivity contribution in [2.45, 2.75) is 44.4 Å². The zero-order valence-corrected chi connectivity index (χ0v) is 11.5. The van der Waals surface area contributed by atoms with Crippen molar-refractivity contribution in [3.8, 4) is 6.07 Å². The van der Waals surface area contributed by atoms with E-state index < -0.39 is 5.92 Å². The van der Waals surface area contributed by atoms with Gasteiger partial charge in [-0.05, 0) is 42.9 Å². The molecule has 0 amide bonds. The molecule has 1 aliphatic carbocycles. The second-order valence-electron chi connectivity index (χ2n) is 5.55. The van der Waals surface area contributed by atoms with Gasteiger partial charge < -0.3 is 5.32 Å². The van der Waals surface area contributed by atoms with Crippen LogP contribution in [0, 0.1) is 17.2 Å². The van der Waals surface area contributed by atoms with E-state index in [-0.39, 0.29) is 18.8 Å². The lowest BCUT2D eigenvalue weighted by Gasteiger charge is -2.29. The summed E-state index contributed by atoms with van der Waals surface area (Å²) in [5, 5.41) is 11.8. The molecule has 0 aliphatic heterocycles. The molecule has 2 rings (SSSR count). The third-order valence-electron chi connectivity index (χ3n) is 3.82. The molecule has 1 aromatic carbocycles. The van der Waals surface area contributed by atoms with Crippen molar-refractivity contribution < 1.29 is 8.78 Å². The Labute approximate surface area is 118 Å². The molecule has 1 saturated carbocycles. The third kappa shape index (κ3) is 4.48. The predicted octanol–water partition coefficient (Wildman–Crippen LogP) is 4.38. The zero-order chi connectivity index (χ0) is 14.4. The van der Waals surface area contributed by atoms with Crippen molar-refractivity contribution in [1.29, 1.82) is 5.26 Å². The number of alkyl halides is 2. The Kier molecular flexibility index (Phi) is 4.94. The summed E-state index contributed by atoms with van der Waals surface area (Å²) >= 11 is 0. The Morgan fingerprint density at radius 1 is 1.30 bits per heavy atom. The summed E-state index contributed by atoms with van der Waals surface area (Å²) in [7, 11) is 0. The topological polar surface area (TPSA) is 35.8 Å². The van der Waals surface area contributed by atoms with Gasteiger partial charge in [-0.25, -0.2) is 8.78 Å². The summed E-state index contributed by atoms with van der Waals surface area (Å²) in [6, 6.07) is 9.99. The quantitative estimate of drug-likeness (QED) is 0.867. The standard InChI is InChI=1S/C16H20F2N2/c17-16(18)9-1-3-14(11-16)12-20-15-7-5-13(6-8-15)4-2-10-19/h5-8,14,20H,1-4,9,11-12H2. The minimum Gasteiger partial charge on any atom is -0.385 e. The fraction of sp³-hybridized carbons (Fsp3) is 0.562. The van der Waals surface area contributed by atoms with E-state index in [4.69, 9.17) is 5.26 Å². The number of aryl methyl sites for hydroxylation is 1. The highest BCUT2D eigenvalue weighted by molar-refractivity contribution is 5.44. The Morgan fingerprint density at radius 2 is 2.05 bits per heavy atom. The van der Waals surface area contributed by atoms with Crippen molar-refractivity contribution >= 4 is 5.69 Å². The van der Waals surface area contributed by atoms with Gasteiger partial charge in [0.2, 0.25) is 5.92 Å². The van der Waals surface area contributed by atoms with Gasteiger partial charge in [0.1, 0.15) is 0 Å². The summed E-state index contributed by atoms with van der Waals surface area (Å²) in [4.78, 5) is 0. The number of nitrogens with zero attached hydrogens (tertiary/aromatic N) is 1. The number of hydrogen-bond donors (Lipinski definition) is 1. The summed E-state index contributed by atoms with van der Waals surface area (Å²) in [5.74, 6) is -2.43. The fourth-order valence-electron chi connectivity index (χ4n) is 2.70. The van der Waals surface area contributed by atoms with Gasteiger partial charge in [0.25, 0.3) is 0 Å². The van der Waals surface area contributed by atoms with E-state index in [1.807, 2.05) is 24.3 Å². The second kappa shape index (κ2) is 6.69. The monoisotopic (exact) mass is 278 g/mol. The van der Waals surface area contributed by atoms with Gasteiger partial charge in [0.15, 0.2) is 0 Å². The van der Waals surface area contributed by atoms with Crippen LogP contribution >= 0.6 is 0 Å². The summed E-state index contributed by atoms with van der Waals surface area (Å²) < 4.78 is 26.6. The van der Waals surface area contributed by atoms with Gasteiger partial charge in [0.05, 0.1) is 6.07 Å². The Morgan fingerprint density at radius 3 is 2.70 bits per heavy atom. The number of nitrogens with one attached hydrogen (secondary N) is 1. The Hall–Kier alpha value is -1.63. The number of anilines is 1. The molecule has 108 valence electrons. The smallest absolute Gasteiger partial charge is 0.248 e. The molecule has 1 aliphatic rings. The van der Waals surface area contributed by atoms with Crippen LogP contribution < -0.4 is 5.32 Å². The van der Waals surface area contributed by atoms with E-state index in [9.17, 15) is 8.78 Å². The van der Waals surface area contributed by atoms with Crippen LogP contribution in [0.3, 0.4) is 0 Å². The highest BCUT2D eigenvalue weighted by atomic mass is 19.3. The molecule has 1 N–H and O–H groups in total. The molecule has 0 bridgehead atoms. The number of benzene rings is 1. The molecule has 1 unspecified atom stereocenters. The molecule has 0 radical (unpaired) electrons. The molecule has 0 saturated heterocycles. The maximum absolute atomic E-state index is 13.3. The van der Waals surface area contributed by atoms with Gasteiger partial charge in [-0.2, -0.15) is 5.26 Å². The first-order valence-corrected chi connectivity index (χ1v) is 7.17. The molecule has 1 atom stereocenters. The van der Waals surface area contributed by atoms with Crippen molar-refractivity contribution in [3.05, 3.63) is 29.8 Å². The lowest BCUT2D eigenvalue weighted by molar-refractivity contribution is -0.0502. The molecule has 1 aromatic rings. The first-order chi connectivity index (χ1) is 9.59. The largest absolute Gasteiger partial charge is 0.385 e. The first kappa shape index (κ1) is 14.8. The summed E-state index contributed by atoms with van der Waals surface area (Å²) in [5.41, 5.74) is 2.08. The minimum absolute atomic E-state index is 0.000251. The van der Waals surface area contributed by atoms with Crippen LogP contribution in [0.25, 0.3) is 0 Å². The number of nitriles is 1. The predicted molar refractivity (Wildman–Crippen MR) is 75.8 cm³/mol. The average Bonchev–Trinajstić information content (AvgIpc) is 2.43. The highest BCUT2D eigenvalue weighted by Gasteiger charge is 2.35. The SMILES string of the molecule is N#CCCc1ccc(NCC2CCCC(F)(F)C2)cc1. The van der Waals surface area contributed by atoms with E-state index in [2.05, 4.69) is 11.4 Å². The number of hydrogen-bond acceptors (Lipinski definition) is 2. The van der Waals surface area contributed by atoms with Crippen molar-refractivity contribution in [3.63, 3.8) is 0 Å². The summed E-state index contributed by atoms with van der Waals surface area (Å²) in [6.45, 7) is 0.604. The molecule has 0 heterocycles. The van der Waals surface area contributed by atoms with Crippen molar-refractivity contribution in [2.24, 2.45) is 5.92 Å². The molecule has 0 aromatic heterocycles. The molecular weight excluding hydrogens is 258 g/mol. The van der Waals surface area contributed by atoms with Gasteiger partial charge in [0, 0.05) is 31.5 Å². The van der Waals surface area contributed by atoms with Crippen molar-refractivity contribution in [2.75, 3.05) is 11.9 Å². The van der Waals surface area contributed by atoms with Gasteiger partial charge in [-0.1, -0.05) is 12.1 Å². The third-order valence-corrected chi connectivity index (χ3v) is 3.82. The van der Waals surface area contributed by atoms with Crippen LogP contribution in [0.2, 0.25) is 0 Å². The molecule has 1 fully saturated rings. The second-order valence-corrected chi connectivity index (χ2v) is 5.55. The normalized spacial score (nSPS) is 21.1. The van der Waals surface area contributed by atoms with Crippen LogP contribution in [0.1, 0.15) is 37.7 Å². The zero-order valence-electron chi connectivity index (χ0n) is 11.5. The highest BCUT2D eigenvalue weighted by Crippen LogP contribution is 2.36. The first-order valence-electron chi connectivity index (χ1n) is 7.17. The minimum atomic E-state index is -2.48. The van der Waals surface area contributed by atoms with Crippen LogP contribution in [-0.2, 0) is 6.42 Å². The number of halogens is 2. The Balaban J connectivity index is 1.80. The van der Waals surface area contributed by atoms with E-state index >= 15 is 0 Å². The molecule has 2 nitrogen and oxygen atoms in total. The van der Waals surface area contributed by atoms with Crippen LogP contribution in [0.5, 0.6) is 0 Å². The Bertz CT molecular complexity index is 462. The van der Waals surface area contributed by atoms with Crippen LogP contribution in [0.15, 0.2) is 24.3 Å². The average molecular weight is 278 g/mol. The lowest BCUT2D eigenvalue weighted by Crippen LogP contribution is -2.29. The van der Waals surface area contributed by atoms with Gasteiger partial charge in [-0.15, -0.1) is 0 Å². The van der Waals surface area contributed by atoms with E-state index in [1.165, 1.54) is 0 Å².